The number of carboxylic acids is 1. The average molecular weight is 268 g/mol. The zero-order chi connectivity index (χ0) is 13.9. The van der Waals surface area contributed by atoms with E-state index in [0.717, 1.165) is 44.9 Å². The molecule has 19 heavy (non-hydrogen) atoms. The van der Waals surface area contributed by atoms with Crippen molar-refractivity contribution in [3.63, 3.8) is 0 Å². The maximum atomic E-state index is 12.1. The highest BCUT2D eigenvalue weighted by Crippen LogP contribution is 2.35. The SMILES string of the molecule is CC1(NC(=O)NC2(CC(=O)O)CCC2)CCCCC1. The van der Waals surface area contributed by atoms with E-state index in [2.05, 4.69) is 17.6 Å². The molecule has 0 atom stereocenters. The number of carbonyl (C=O) groups is 2. The maximum Gasteiger partial charge on any atom is 0.315 e. The first-order valence-corrected chi connectivity index (χ1v) is 7.25. The summed E-state index contributed by atoms with van der Waals surface area (Å²) in [6.45, 7) is 2.08. The fourth-order valence-corrected chi connectivity index (χ4v) is 3.24. The number of nitrogens with one attached hydrogen (secondary N) is 2. The van der Waals surface area contributed by atoms with Gasteiger partial charge in [-0.3, -0.25) is 4.79 Å². The molecule has 5 heteroatoms. The molecule has 3 N–H and O–H groups in total. The van der Waals surface area contributed by atoms with Crippen LogP contribution in [0.3, 0.4) is 0 Å². The van der Waals surface area contributed by atoms with E-state index in [1.165, 1.54) is 6.42 Å². The lowest BCUT2D eigenvalue weighted by Gasteiger charge is -2.43. The Morgan fingerprint density at radius 2 is 1.63 bits per heavy atom. The van der Waals surface area contributed by atoms with Crippen molar-refractivity contribution in [2.45, 2.75) is 75.8 Å². The zero-order valence-electron chi connectivity index (χ0n) is 11.6. The smallest absolute Gasteiger partial charge is 0.315 e. The molecule has 0 bridgehead atoms. The van der Waals surface area contributed by atoms with Crippen LogP contribution in [-0.2, 0) is 4.79 Å². The molecule has 0 aromatic carbocycles. The second-order valence-electron chi connectivity index (χ2n) is 6.40. The topological polar surface area (TPSA) is 78.4 Å². The van der Waals surface area contributed by atoms with E-state index in [-0.39, 0.29) is 18.0 Å². The van der Waals surface area contributed by atoms with Gasteiger partial charge in [-0.1, -0.05) is 19.3 Å². The minimum atomic E-state index is -0.844. The van der Waals surface area contributed by atoms with Gasteiger partial charge in [0.15, 0.2) is 0 Å². The van der Waals surface area contributed by atoms with E-state index in [0.29, 0.717) is 0 Å². The number of aliphatic carboxylic acids is 1. The van der Waals surface area contributed by atoms with E-state index >= 15 is 0 Å². The summed E-state index contributed by atoms with van der Waals surface area (Å²) in [5.41, 5.74) is -0.641. The Balaban J connectivity index is 1.87. The minimum Gasteiger partial charge on any atom is -0.481 e. The molecule has 0 aromatic rings. The molecule has 0 aliphatic heterocycles. The Labute approximate surface area is 114 Å². The first kappa shape index (κ1) is 14.2. The Morgan fingerprint density at radius 3 is 2.11 bits per heavy atom. The highest BCUT2D eigenvalue weighted by Gasteiger charge is 2.41. The van der Waals surface area contributed by atoms with Gasteiger partial charge in [-0.2, -0.15) is 0 Å². The van der Waals surface area contributed by atoms with E-state index in [1.54, 1.807) is 0 Å². The van der Waals surface area contributed by atoms with Crippen LogP contribution in [0.5, 0.6) is 0 Å². The Hall–Kier alpha value is -1.26. The lowest BCUT2D eigenvalue weighted by atomic mass is 9.74. The molecule has 0 aromatic heterocycles. The Bertz CT molecular complexity index is 358. The largest absolute Gasteiger partial charge is 0.481 e. The molecule has 0 unspecified atom stereocenters. The summed E-state index contributed by atoms with van der Waals surface area (Å²) in [4.78, 5) is 23.0. The van der Waals surface area contributed by atoms with Crippen molar-refractivity contribution in [1.29, 1.82) is 0 Å². The number of hydrogen-bond donors (Lipinski definition) is 3. The fraction of sp³-hybridized carbons (Fsp3) is 0.857. The molecule has 2 aliphatic rings. The first-order valence-electron chi connectivity index (χ1n) is 7.25. The quantitative estimate of drug-likeness (QED) is 0.732. The van der Waals surface area contributed by atoms with Crippen LogP contribution in [0.4, 0.5) is 4.79 Å². The van der Waals surface area contributed by atoms with Crippen LogP contribution in [0.25, 0.3) is 0 Å². The molecule has 0 heterocycles. The van der Waals surface area contributed by atoms with E-state index in [4.69, 9.17) is 5.11 Å². The summed E-state index contributed by atoms with van der Waals surface area (Å²) in [5, 5.41) is 14.9. The molecule has 2 aliphatic carbocycles. The van der Waals surface area contributed by atoms with Crippen LogP contribution in [0, 0.1) is 0 Å². The predicted octanol–water partition coefficient (Wildman–Crippen LogP) is 2.41. The summed E-state index contributed by atoms with van der Waals surface area (Å²) in [6.07, 6.45) is 8.10. The molecule has 108 valence electrons. The maximum absolute atomic E-state index is 12.1. The second kappa shape index (κ2) is 5.39. The number of urea groups is 1. The first-order chi connectivity index (χ1) is 8.93. The van der Waals surface area contributed by atoms with E-state index in [1.807, 2.05) is 0 Å². The van der Waals surface area contributed by atoms with Gasteiger partial charge in [0.1, 0.15) is 0 Å². The van der Waals surface area contributed by atoms with Gasteiger partial charge < -0.3 is 15.7 Å². The molecule has 2 fully saturated rings. The monoisotopic (exact) mass is 268 g/mol. The van der Waals surface area contributed by atoms with Crippen LogP contribution < -0.4 is 10.6 Å². The Morgan fingerprint density at radius 1 is 1.00 bits per heavy atom. The van der Waals surface area contributed by atoms with Crippen LogP contribution in [0.15, 0.2) is 0 Å². The van der Waals surface area contributed by atoms with Crippen molar-refractivity contribution >= 4 is 12.0 Å². The van der Waals surface area contributed by atoms with Crippen molar-refractivity contribution in [1.82, 2.24) is 10.6 Å². The highest BCUT2D eigenvalue weighted by atomic mass is 16.4. The molecule has 2 saturated carbocycles. The third-order valence-electron chi connectivity index (χ3n) is 4.55. The van der Waals surface area contributed by atoms with Crippen molar-refractivity contribution in [3.05, 3.63) is 0 Å². The van der Waals surface area contributed by atoms with E-state index in [9.17, 15) is 9.59 Å². The van der Waals surface area contributed by atoms with Gasteiger partial charge in [0, 0.05) is 5.54 Å². The van der Waals surface area contributed by atoms with Crippen molar-refractivity contribution < 1.29 is 14.7 Å². The summed E-state index contributed by atoms with van der Waals surface area (Å²) >= 11 is 0. The van der Waals surface area contributed by atoms with Crippen LogP contribution in [-0.4, -0.2) is 28.2 Å². The number of amides is 2. The van der Waals surface area contributed by atoms with Gasteiger partial charge >= 0.3 is 12.0 Å². The van der Waals surface area contributed by atoms with Gasteiger partial charge in [-0.25, -0.2) is 4.79 Å². The fourth-order valence-electron chi connectivity index (χ4n) is 3.24. The van der Waals surface area contributed by atoms with Gasteiger partial charge in [-0.05, 0) is 39.0 Å². The van der Waals surface area contributed by atoms with Crippen LogP contribution >= 0.6 is 0 Å². The van der Waals surface area contributed by atoms with Crippen molar-refractivity contribution in [2.75, 3.05) is 0 Å². The van der Waals surface area contributed by atoms with Gasteiger partial charge in [0.2, 0.25) is 0 Å². The molecule has 5 nitrogen and oxygen atoms in total. The standard InChI is InChI=1S/C14H24N2O3/c1-13(6-3-2-4-7-13)15-12(19)16-14(8-5-9-14)10-11(17)18/h2-10H2,1H3,(H,17,18)(H2,15,16,19). The molecular formula is C14H24N2O3. The van der Waals surface area contributed by atoms with Crippen LogP contribution in [0.2, 0.25) is 0 Å². The summed E-state index contributed by atoms with van der Waals surface area (Å²) in [7, 11) is 0. The lowest BCUT2D eigenvalue weighted by molar-refractivity contribution is -0.139. The van der Waals surface area contributed by atoms with Gasteiger partial charge in [0.05, 0.1) is 12.0 Å². The number of hydrogen-bond acceptors (Lipinski definition) is 2. The third kappa shape index (κ3) is 3.61. The molecule has 2 amide bonds. The third-order valence-corrected chi connectivity index (χ3v) is 4.55. The molecule has 0 radical (unpaired) electrons. The van der Waals surface area contributed by atoms with Gasteiger partial charge in [0.25, 0.3) is 0 Å². The minimum absolute atomic E-state index is 0.0249. The second-order valence-corrected chi connectivity index (χ2v) is 6.40. The number of rotatable bonds is 4. The number of carboxylic acid groups (broad SMARTS) is 1. The molecule has 0 spiro atoms. The number of carbonyl (C=O) groups excluding carboxylic acids is 1. The lowest BCUT2D eigenvalue weighted by Crippen LogP contribution is -2.60. The average Bonchev–Trinajstić information content (AvgIpc) is 2.25. The van der Waals surface area contributed by atoms with Gasteiger partial charge in [-0.15, -0.1) is 0 Å². The molecular weight excluding hydrogens is 244 g/mol. The van der Waals surface area contributed by atoms with Crippen molar-refractivity contribution in [3.8, 4) is 0 Å². The normalized spacial score (nSPS) is 24.1. The van der Waals surface area contributed by atoms with E-state index < -0.39 is 11.5 Å². The van der Waals surface area contributed by atoms with Crippen LogP contribution in [0.1, 0.15) is 64.7 Å². The zero-order valence-corrected chi connectivity index (χ0v) is 11.6. The Kier molecular flexibility index (Phi) is 4.02. The summed E-state index contributed by atoms with van der Waals surface area (Å²) < 4.78 is 0. The summed E-state index contributed by atoms with van der Waals surface area (Å²) in [6, 6.07) is -0.203. The molecule has 2 rings (SSSR count). The summed E-state index contributed by atoms with van der Waals surface area (Å²) in [5.74, 6) is -0.844. The highest BCUT2D eigenvalue weighted by molar-refractivity contribution is 5.77. The predicted molar refractivity (Wildman–Crippen MR) is 72.0 cm³/mol. The van der Waals surface area contributed by atoms with Crippen molar-refractivity contribution in [2.24, 2.45) is 0 Å². The molecule has 0 saturated heterocycles.